The Morgan fingerprint density at radius 1 is 1.37 bits per heavy atom. The van der Waals surface area contributed by atoms with Crippen molar-refractivity contribution in [3.05, 3.63) is 65.2 Å². The molecular formula is C21H20N6. The number of nitriles is 1. The van der Waals surface area contributed by atoms with E-state index in [2.05, 4.69) is 33.3 Å². The molecule has 0 fully saturated rings. The Balaban J connectivity index is 1.66. The van der Waals surface area contributed by atoms with E-state index in [0.717, 1.165) is 52.5 Å². The van der Waals surface area contributed by atoms with Crippen LogP contribution in [0.4, 0.5) is 5.95 Å². The van der Waals surface area contributed by atoms with Gasteiger partial charge in [-0.05, 0) is 38.0 Å². The van der Waals surface area contributed by atoms with Crippen LogP contribution in [0.3, 0.4) is 0 Å². The third kappa shape index (κ3) is 3.20. The van der Waals surface area contributed by atoms with Crippen molar-refractivity contribution in [2.45, 2.75) is 26.7 Å². The number of hydrogen-bond donors (Lipinski definition) is 2. The summed E-state index contributed by atoms with van der Waals surface area (Å²) in [5.41, 5.74) is 6.24. The molecule has 1 aliphatic rings. The van der Waals surface area contributed by atoms with Crippen molar-refractivity contribution in [3.63, 3.8) is 0 Å². The van der Waals surface area contributed by atoms with Gasteiger partial charge < -0.3 is 10.3 Å². The maximum absolute atomic E-state index is 9.30. The van der Waals surface area contributed by atoms with Crippen LogP contribution >= 0.6 is 0 Å². The molecule has 0 amide bonds. The second-order valence-electron chi connectivity index (χ2n) is 6.63. The minimum Gasteiger partial charge on any atom is -0.328 e. The minimum absolute atomic E-state index is 0.416. The number of nitrogens with zero attached hydrogens (tertiary/aromatic N) is 4. The minimum atomic E-state index is 0.416. The number of aromatic amines is 1. The first-order valence-electron chi connectivity index (χ1n) is 9.04. The lowest BCUT2D eigenvalue weighted by molar-refractivity contribution is 0.510. The fourth-order valence-electron chi connectivity index (χ4n) is 3.37. The van der Waals surface area contributed by atoms with E-state index in [9.17, 15) is 5.26 Å². The Morgan fingerprint density at radius 3 is 3.00 bits per heavy atom. The van der Waals surface area contributed by atoms with Gasteiger partial charge >= 0.3 is 0 Å². The maximum atomic E-state index is 9.30. The highest BCUT2D eigenvalue weighted by molar-refractivity contribution is 6.01. The highest BCUT2D eigenvalue weighted by Gasteiger charge is 2.29. The molecule has 0 radical (unpaired) electrons. The maximum Gasteiger partial charge on any atom is 0.205 e. The van der Waals surface area contributed by atoms with Crippen LogP contribution in [0.5, 0.6) is 0 Å². The van der Waals surface area contributed by atoms with Gasteiger partial charge in [-0.1, -0.05) is 19.1 Å². The molecular weight excluding hydrogens is 336 g/mol. The number of anilines is 1. The van der Waals surface area contributed by atoms with Crippen molar-refractivity contribution >= 4 is 22.7 Å². The molecule has 0 spiro atoms. The number of para-hydroxylation sites is 2. The highest BCUT2D eigenvalue weighted by Crippen LogP contribution is 2.38. The molecule has 1 atom stereocenters. The molecule has 1 aliphatic carbocycles. The molecule has 6 heteroatoms. The Labute approximate surface area is 157 Å². The predicted molar refractivity (Wildman–Crippen MR) is 106 cm³/mol. The topological polar surface area (TPSA) is 89.8 Å². The van der Waals surface area contributed by atoms with E-state index in [-0.39, 0.29) is 0 Å². The summed E-state index contributed by atoms with van der Waals surface area (Å²) in [6.07, 6.45) is 5.24. The van der Waals surface area contributed by atoms with Crippen LogP contribution in [0.2, 0.25) is 0 Å². The zero-order chi connectivity index (χ0) is 18.8. The number of H-pyrrole nitrogens is 1. The number of fused-ring (bicyclic) bond motifs is 1. The summed E-state index contributed by atoms with van der Waals surface area (Å²) in [7, 11) is 0. The molecule has 0 aliphatic heterocycles. The van der Waals surface area contributed by atoms with Crippen molar-refractivity contribution in [2.24, 2.45) is 10.9 Å². The molecule has 1 unspecified atom stereocenters. The third-order valence-electron chi connectivity index (χ3n) is 4.92. The van der Waals surface area contributed by atoms with Gasteiger partial charge in [0, 0.05) is 35.3 Å². The second-order valence-corrected chi connectivity index (χ2v) is 6.63. The molecule has 2 aromatic heterocycles. The van der Waals surface area contributed by atoms with Gasteiger partial charge in [0.2, 0.25) is 5.95 Å². The molecule has 0 saturated carbocycles. The van der Waals surface area contributed by atoms with Gasteiger partial charge in [0.05, 0.1) is 22.3 Å². The van der Waals surface area contributed by atoms with Gasteiger partial charge in [0.1, 0.15) is 6.07 Å². The van der Waals surface area contributed by atoms with E-state index in [1.165, 1.54) is 0 Å². The fourth-order valence-corrected chi connectivity index (χ4v) is 3.37. The average molecular weight is 356 g/mol. The summed E-state index contributed by atoms with van der Waals surface area (Å²) in [6, 6.07) is 12.0. The van der Waals surface area contributed by atoms with Crippen LogP contribution in [0, 0.1) is 17.2 Å². The summed E-state index contributed by atoms with van der Waals surface area (Å²) in [5, 5.41) is 12.7. The SMILES string of the molecule is CCC1CC(Nc2nc3ccccc3[nH]2)=C1N=C(C)c1ccncc1C#N. The van der Waals surface area contributed by atoms with Gasteiger partial charge in [-0.15, -0.1) is 0 Å². The first-order valence-corrected chi connectivity index (χ1v) is 9.04. The molecule has 0 saturated heterocycles. The van der Waals surface area contributed by atoms with Crippen LogP contribution in [0.25, 0.3) is 11.0 Å². The highest BCUT2D eigenvalue weighted by atomic mass is 15.1. The molecule has 134 valence electrons. The summed E-state index contributed by atoms with van der Waals surface area (Å²) in [6.45, 7) is 4.10. The molecule has 27 heavy (non-hydrogen) atoms. The molecule has 6 nitrogen and oxygen atoms in total. The van der Waals surface area contributed by atoms with Crippen LogP contribution in [0.1, 0.15) is 37.8 Å². The average Bonchev–Trinajstić information content (AvgIpc) is 3.11. The molecule has 4 rings (SSSR count). The van der Waals surface area contributed by atoms with Crippen molar-refractivity contribution in [1.82, 2.24) is 15.0 Å². The van der Waals surface area contributed by atoms with E-state index in [0.29, 0.717) is 11.5 Å². The lowest BCUT2D eigenvalue weighted by atomic mass is 9.84. The summed E-state index contributed by atoms with van der Waals surface area (Å²) < 4.78 is 0. The van der Waals surface area contributed by atoms with E-state index >= 15 is 0 Å². The number of hydrogen-bond acceptors (Lipinski definition) is 5. The van der Waals surface area contributed by atoms with Crippen LogP contribution in [0.15, 0.2) is 59.1 Å². The Bertz CT molecular complexity index is 1070. The normalized spacial score (nSPS) is 16.9. The molecule has 2 heterocycles. The summed E-state index contributed by atoms with van der Waals surface area (Å²) in [5.74, 6) is 1.15. The van der Waals surface area contributed by atoms with E-state index in [1.807, 2.05) is 37.3 Å². The van der Waals surface area contributed by atoms with Crippen LogP contribution in [-0.2, 0) is 0 Å². The second kappa shape index (κ2) is 7.04. The number of pyridine rings is 1. The zero-order valence-electron chi connectivity index (χ0n) is 15.3. The van der Waals surface area contributed by atoms with Crippen molar-refractivity contribution in [3.8, 4) is 6.07 Å². The van der Waals surface area contributed by atoms with Gasteiger partial charge in [-0.3, -0.25) is 9.98 Å². The van der Waals surface area contributed by atoms with Crippen LogP contribution in [-0.4, -0.2) is 20.7 Å². The van der Waals surface area contributed by atoms with E-state index < -0.39 is 0 Å². The van der Waals surface area contributed by atoms with E-state index in [1.54, 1.807) is 12.4 Å². The number of benzene rings is 1. The number of aromatic nitrogens is 3. The van der Waals surface area contributed by atoms with Crippen molar-refractivity contribution in [1.29, 1.82) is 5.26 Å². The monoisotopic (exact) mass is 356 g/mol. The Kier molecular flexibility index (Phi) is 4.43. The first-order chi connectivity index (χ1) is 13.2. The van der Waals surface area contributed by atoms with Gasteiger partial charge in [0.25, 0.3) is 0 Å². The Morgan fingerprint density at radius 2 is 2.22 bits per heavy atom. The van der Waals surface area contributed by atoms with Gasteiger partial charge in [-0.25, -0.2) is 4.98 Å². The predicted octanol–water partition coefficient (Wildman–Crippen LogP) is 4.39. The summed E-state index contributed by atoms with van der Waals surface area (Å²) in [4.78, 5) is 16.8. The lowest BCUT2D eigenvalue weighted by Gasteiger charge is -2.30. The number of allylic oxidation sites excluding steroid dienone is 2. The standard InChI is InChI=1S/C21H20N6/c1-3-14-10-19(27-21-25-17-6-4-5-7-18(17)26-21)20(14)24-13(2)16-8-9-23-12-15(16)11-22/h4-9,12,14H,3,10H2,1-2H3,(H2,25,26,27). The zero-order valence-corrected chi connectivity index (χ0v) is 15.3. The number of imidazole rings is 1. The summed E-state index contributed by atoms with van der Waals surface area (Å²) >= 11 is 0. The largest absolute Gasteiger partial charge is 0.328 e. The number of aliphatic imine (C=N–C) groups is 1. The number of rotatable bonds is 5. The van der Waals surface area contributed by atoms with Crippen molar-refractivity contribution < 1.29 is 0 Å². The van der Waals surface area contributed by atoms with Crippen molar-refractivity contribution in [2.75, 3.05) is 5.32 Å². The fraction of sp³-hybridized carbons (Fsp3) is 0.238. The smallest absolute Gasteiger partial charge is 0.205 e. The number of nitrogens with one attached hydrogen (secondary N) is 2. The molecule has 1 aromatic carbocycles. The van der Waals surface area contributed by atoms with Gasteiger partial charge in [0.15, 0.2) is 0 Å². The lowest BCUT2D eigenvalue weighted by Crippen LogP contribution is -2.23. The molecule has 2 N–H and O–H groups in total. The first kappa shape index (κ1) is 17.0. The van der Waals surface area contributed by atoms with Gasteiger partial charge in [-0.2, -0.15) is 5.26 Å². The Hall–Kier alpha value is -3.46. The van der Waals surface area contributed by atoms with Crippen LogP contribution < -0.4 is 5.32 Å². The quantitative estimate of drug-likeness (QED) is 0.663. The molecule has 3 aromatic rings. The molecule has 0 bridgehead atoms. The van der Waals surface area contributed by atoms with E-state index in [4.69, 9.17) is 4.99 Å². The third-order valence-corrected chi connectivity index (χ3v) is 4.92.